The van der Waals surface area contributed by atoms with Gasteiger partial charge in [-0.3, -0.25) is 4.79 Å². The fourth-order valence-electron chi connectivity index (χ4n) is 3.16. The summed E-state index contributed by atoms with van der Waals surface area (Å²) < 4.78 is 7.51. The minimum atomic E-state index is -0.170. The maximum Gasteiger partial charge on any atom is 0.255 e. The molecule has 3 aromatic carbocycles. The van der Waals surface area contributed by atoms with Crippen LogP contribution in [0.25, 0.3) is 22.6 Å². The number of para-hydroxylation sites is 2. The highest BCUT2D eigenvalue weighted by atomic mass is 16.3. The summed E-state index contributed by atoms with van der Waals surface area (Å²) in [7, 11) is 0. The highest BCUT2D eigenvalue weighted by Crippen LogP contribution is 2.25. The number of amides is 1. The Morgan fingerprint density at radius 1 is 0.967 bits per heavy atom. The molecule has 0 fully saturated rings. The minimum Gasteiger partial charge on any atom is -0.436 e. The SMILES string of the molecule is O=C(Nc1ccc(-c2nc3ccccc3o2)cc1)c1ccc(Cn2cncn2)cc1. The summed E-state index contributed by atoms with van der Waals surface area (Å²) >= 11 is 0. The molecule has 0 aliphatic rings. The van der Waals surface area contributed by atoms with Crippen LogP contribution in [0.4, 0.5) is 5.69 Å². The lowest BCUT2D eigenvalue weighted by Gasteiger charge is -2.07. The van der Waals surface area contributed by atoms with E-state index in [1.54, 1.807) is 23.1 Å². The average molecular weight is 395 g/mol. The number of nitrogens with one attached hydrogen (secondary N) is 1. The normalized spacial score (nSPS) is 10.9. The van der Waals surface area contributed by atoms with Crippen LogP contribution in [-0.4, -0.2) is 25.7 Å². The number of nitrogens with zero attached hydrogens (tertiary/aromatic N) is 4. The van der Waals surface area contributed by atoms with Crippen LogP contribution in [0.3, 0.4) is 0 Å². The first kappa shape index (κ1) is 17.8. The van der Waals surface area contributed by atoms with E-state index < -0.39 is 0 Å². The van der Waals surface area contributed by atoms with Crippen molar-refractivity contribution in [1.82, 2.24) is 19.7 Å². The van der Waals surface area contributed by atoms with Crippen LogP contribution in [0.1, 0.15) is 15.9 Å². The van der Waals surface area contributed by atoms with Crippen molar-refractivity contribution in [3.05, 3.63) is 96.6 Å². The molecule has 0 spiro atoms. The van der Waals surface area contributed by atoms with Gasteiger partial charge in [-0.25, -0.2) is 14.6 Å². The predicted molar refractivity (Wildman–Crippen MR) is 113 cm³/mol. The van der Waals surface area contributed by atoms with Crippen LogP contribution in [0, 0.1) is 0 Å². The van der Waals surface area contributed by atoms with Gasteiger partial charge < -0.3 is 9.73 Å². The summed E-state index contributed by atoms with van der Waals surface area (Å²) in [6.45, 7) is 0.610. The molecule has 0 unspecified atom stereocenters. The van der Waals surface area contributed by atoms with Gasteiger partial charge in [0.15, 0.2) is 5.58 Å². The molecule has 30 heavy (non-hydrogen) atoms. The molecular weight excluding hydrogens is 378 g/mol. The van der Waals surface area contributed by atoms with E-state index in [1.165, 1.54) is 6.33 Å². The van der Waals surface area contributed by atoms with Gasteiger partial charge in [-0.05, 0) is 54.1 Å². The topological polar surface area (TPSA) is 85.8 Å². The van der Waals surface area contributed by atoms with Crippen molar-refractivity contribution in [2.45, 2.75) is 6.54 Å². The van der Waals surface area contributed by atoms with Gasteiger partial charge in [0, 0.05) is 16.8 Å². The number of carbonyl (C=O) groups is 1. The van der Waals surface area contributed by atoms with E-state index in [4.69, 9.17) is 4.42 Å². The Balaban J connectivity index is 1.26. The van der Waals surface area contributed by atoms with E-state index in [-0.39, 0.29) is 5.91 Å². The molecule has 0 radical (unpaired) electrons. The molecule has 0 aliphatic carbocycles. The van der Waals surface area contributed by atoms with Crippen molar-refractivity contribution in [2.75, 3.05) is 5.32 Å². The molecule has 2 aromatic heterocycles. The minimum absolute atomic E-state index is 0.170. The molecule has 7 heteroatoms. The van der Waals surface area contributed by atoms with E-state index in [0.29, 0.717) is 23.7 Å². The first-order valence-electron chi connectivity index (χ1n) is 9.43. The number of hydrogen-bond acceptors (Lipinski definition) is 5. The molecular formula is C23H17N5O2. The summed E-state index contributed by atoms with van der Waals surface area (Å²) in [6.07, 6.45) is 3.16. The van der Waals surface area contributed by atoms with Crippen LogP contribution in [-0.2, 0) is 6.54 Å². The monoisotopic (exact) mass is 395 g/mol. The Hall–Kier alpha value is -4.26. The Labute approximate surface area is 172 Å². The van der Waals surface area contributed by atoms with Crippen molar-refractivity contribution in [1.29, 1.82) is 0 Å². The molecule has 0 bridgehead atoms. The van der Waals surface area contributed by atoms with Crippen LogP contribution < -0.4 is 5.32 Å². The van der Waals surface area contributed by atoms with Gasteiger partial charge in [0.25, 0.3) is 5.91 Å². The van der Waals surface area contributed by atoms with Gasteiger partial charge in [-0.1, -0.05) is 24.3 Å². The number of carbonyl (C=O) groups excluding carboxylic acids is 1. The maximum absolute atomic E-state index is 12.5. The summed E-state index contributed by atoms with van der Waals surface area (Å²) in [6, 6.07) is 22.5. The largest absolute Gasteiger partial charge is 0.436 e. The molecule has 1 amide bonds. The van der Waals surface area contributed by atoms with Crippen LogP contribution >= 0.6 is 0 Å². The number of rotatable bonds is 5. The number of aromatic nitrogens is 4. The molecule has 0 saturated carbocycles. The van der Waals surface area contributed by atoms with E-state index >= 15 is 0 Å². The lowest BCUT2D eigenvalue weighted by Crippen LogP contribution is -2.12. The smallest absolute Gasteiger partial charge is 0.255 e. The second kappa shape index (κ2) is 7.63. The van der Waals surface area contributed by atoms with E-state index in [9.17, 15) is 4.79 Å². The molecule has 7 nitrogen and oxygen atoms in total. The van der Waals surface area contributed by atoms with E-state index in [0.717, 1.165) is 22.2 Å². The quantitative estimate of drug-likeness (QED) is 0.477. The molecule has 5 rings (SSSR count). The number of hydrogen-bond donors (Lipinski definition) is 1. The molecule has 0 aliphatic heterocycles. The second-order valence-corrected chi connectivity index (χ2v) is 6.81. The molecule has 1 N–H and O–H groups in total. The van der Waals surface area contributed by atoms with Crippen molar-refractivity contribution in [3.63, 3.8) is 0 Å². The zero-order valence-electron chi connectivity index (χ0n) is 15.9. The van der Waals surface area contributed by atoms with Crippen molar-refractivity contribution in [2.24, 2.45) is 0 Å². The highest BCUT2D eigenvalue weighted by molar-refractivity contribution is 6.04. The summed E-state index contributed by atoms with van der Waals surface area (Å²) in [4.78, 5) is 21.0. The van der Waals surface area contributed by atoms with E-state index in [1.807, 2.05) is 60.7 Å². The lowest BCUT2D eigenvalue weighted by molar-refractivity contribution is 0.102. The summed E-state index contributed by atoms with van der Waals surface area (Å²) in [5, 5.41) is 6.99. The number of fused-ring (bicyclic) bond motifs is 1. The van der Waals surface area contributed by atoms with Crippen LogP contribution in [0.2, 0.25) is 0 Å². The molecule has 0 saturated heterocycles. The summed E-state index contributed by atoms with van der Waals surface area (Å²) in [5.74, 6) is 0.383. The molecule has 146 valence electrons. The third-order valence-corrected chi connectivity index (χ3v) is 4.71. The van der Waals surface area contributed by atoms with E-state index in [2.05, 4.69) is 20.4 Å². The number of anilines is 1. The van der Waals surface area contributed by atoms with Crippen molar-refractivity contribution >= 4 is 22.7 Å². The first-order chi connectivity index (χ1) is 14.7. The highest BCUT2D eigenvalue weighted by Gasteiger charge is 2.10. The standard InChI is InChI=1S/C23H17N5O2/c29-22(17-7-5-16(6-8-17)13-28-15-24-14-25-28)26-19-11-9-18(10-12-19)23-27-20-3-1-2-4-21(20)30-23/h1-12,14-15H,13H2,(H,26,29). The number of benzene rings is 3. The Morgan fingerprint density at radius 3 is 2.50 bits per heavy atom. The van der Waals surface area contributed by atoms with Gasteiger partial charge in [0.1, 0.15) is 18.2 Å². The summed E-state index contributed by atoms with van der Waals surface area (Å²) in [5.41, 5.74) is 4.74. The molecule has 0 atom stereocenters. The second-order valence-electron chi connectivity index (χ2n) is 6.81. The van der Waals surface area contributed by atoms with Gasteiger partial charge in [0.2, 0.25) is 5.89 Å². The molecule has 2 heterocycles. The third-order valence-electron chi connectivity index (χ3n) is 4.71. The maximum atomic E-state index is 12.5. The number of oxazole rings is 1. The van der Waals surface area contributed by atoms with Crippen LogP contribution in [0.5, 0.6) is 0 Å². The Morgan fingerprint density at radius 2 is 1.77 bits per heavy atom. The fourth-order valence-corrected chi connectivity index (χ4v) is 3.16. The van der Waals surface area contributed by atoms with Crippen molar-refractivity contribution < 1.29 is 9.21 Å². The van der Waals surface area contributed by atoms with Crippen molar-refractivity contribution in [3.8, 4) is 11.5 Å². The van der Waals surface area contributed by atoms with Gasteiger partial charge >= 0.3 is 0 Å². The van der Waals surface area contributed by atoms with Gasteiger partial charge in [0.05, 0.1) is 6.54 Å². The Kier molecular flexibility index (Phi) is 4.53. The predicted octanol–water partition coefficient (Wildman–Crippen LogP) is 4.39. The average Bonchev–Trinajstić information content (AvgIpc) is 3.44. The Bertz CT molecular complexity index is 1260. The lowest BCUT2D eigenvalue weighted by atomic mass is 10.1. The zero-order chi connectivity index (χ0) is 20.3. The van der Waals surface area contributed by atoms with Gasteiger partial charge in [-0.15, -0.1) is 0 Å². The zero-order valence-corrected chi connectivity index (χ0v) is 15.9. The van der Waals surface area contributed by atoms with Crippen LogP contribution in [0.15, 0.2) is 89.9 Å². The third kappa shape index (κ3) is 3.68. The fraction of sp³-hybridized carbons (Fsp3) is 0.0435. The van der Waals surface area contributed by atoms with Gasteiger partial charge in [-0.2, -0.15) is 5.10 Å². The first-order valence-corrected chi connectivity index (χ1v) is 9.43. The molecule has 5 aromatic rings.